The Labute approximate surface area is 796 Å². The second-order valence-corrected chi connectivity index (χ2v) is 27.9. The van der Waals surface area contributed by atoms with Crippen LogP contribution in [0.5, 0.6) is 0 Å². The van der Waals surface area contributed by atoms with Gasteiger partial charge in [0.25, 0.3) is 57.7 Å². The summed E-state index contributed by atoms with van der Waals surface area (Å²) in [6.07, 6.45) is 0. The number of halogens is 2. The number of amides is 8. The highest BCUT2D eigenvalue weighted by Crippen LogP contribution is 2.27. The highest BCUT2D eigenvalue weighted by molar-refractivity contribution is 6.68. The Morgan fingerprint density at radius 2 is 0.451 bits per heavy atom. The normalized spacial score (nSPS) is 9.20. The highest BCUT2D eigenvalue weighted by atomic mass is 35.5. The fourth-order valence-electron chi connectivity index (χ4n) is 10.7. The first-order valence-electron chi connectivity index (χ1n) is 43.7. The number of hydrogen-bond acceptors (Lipinski definition) is 15. The first-order chi connectivity index (χ1) is 63.9. The summed E-state index contributed by atoms with van der Waals surface area (Å²) in [6.45, 7) is 47.0. The molecular weight excluding hydrogens is 1710 g/mol. The van der Waals surface area contributed by atoms with Crippen molar-refractivity contribution < 1.29 is 52.4 Å². The predicted octanol–water partition coefficient (Wildman–Crippen LogP) is 23.3. The standard InChI is InChI=1S/3C16H16N2O2.C16H14N2O.C9H9ClO.C9H12N2O.C7H5ClO.C7H8N2O.6C2H6/c3*1-11-8-9-12(2)14(10-11)16(20)18-17-15(19)13-6-4-3-5-7-13;1-11-8-9-12(2)14(10-11)16-18-17-15(19-16)13-6-4-3-5-7-13;1-6-3-4-7(2)8(5-6)9(10)11;1-6-3-4-7(2)8(5-6)9(12)11-10;8-7(9)6-4-2-1-3-5-6;8-9-7(10)6-4-2-1-3-5-6;6*1-2/h3*3-10H,1-2H3,(H,17,19)(H,18,20);3-10H,1-2H3;3-5H,1-2H3;3-5H,10H2,1-2H3,(H,11,12);1-5H;1-5H,8H2,(H,9,10);6*1-2H3. The van der Waals surface area contributed by atoms with E-state index in [1.165, 1.54) is 5.56 Å². The van der Waals surface area contributed by atoms with Gasteiger partial charge in [-0.15, -0.1) is 10.2 Å². The summed E-state index contributed by atoms with van der Waals surface area (Å²) in [6, 6.07) is 87.8. The van der Waals surface area contributed by atoms with Crippen LogP contribution in [0.1, 0.15) is 253 Å². The Bertz CT molecular complexity index is 5400. The molecule has 8 amide bonds. The summed E-state index contributed by atoms with van der Waals surface area (Å²) < 4.78 is 5.77. The van der Waals surface area contributed by atoms with Gasteiger partial charge in [-0.3, -0.25) is 91.4 Å². The molecular formula is C108H132Cl2N12O11. The molecule has 13 rings (SSSR count). The van der Waals surface area contributed by atoms with Gasteiger partial charge in [0.1, 0.15) is 0 Å². The van der Waals surface area contributed by atoms with Crippen LogP contribution in [0.4, 0.5) is 0 Å². The van der Waals surface area contributed by atoms with Gasteiger partial charge in [0.05, 0.1) is 0 Å². The van der Waals surface area contributed by atoms with Crippen molar-refractivity contribution in [2.75, 3.05) is 0 Å². The minimum atomic E-state index is -0.407. The van der Waals surface area contributed by atoms with Gasteiger partial charge in [-0.05, 0) is 237 Å². The third-order valence-electron chi connectivity index (χ3n) is 17.5. The van der Waals surface area contributed by atoms with Crippen molar-refractivity contribution in [3.8, 4) is 22.9 Å². The zero-order chi connectivity index (χ0) is 101. The third-order valence-corrected chi connectivity index (χ3v) is 17.9. The molecule has 133 heavy (non-hydrogen) atoms. The zero-order valence-corrected chi connectivity index (χ0v) is 82.5. The van der Waals surface area contributed by atoms with Crippen molar-refractivity contribution >= 4 is 80.9 Å². The van der Waals surface area contributed by atoms with Crippen LogP contribution in [0, 0.1) is 83.1 Å². The summed E-state index contributed by atoms with van der Waals surface area (Å²) in [4.78, 5) is 115. The Morgan fingerprint density at radius 1 is 0.233 bits per heavy atom. The summed E-state index contributed by atoms with van der Waals surface area (Å²) in [5.74, 6) is 8.55. The number of carbonyl (C=O) groups is 10. The number of aryl methyl sites for hydroxylation is 12. The highest BCUT2D eigenvalue weighted by Gasteiger charge is 2.17. The van der Waals surface area contributed by atoms with Gasteiger partial charge >= 0.3 is 0 Å². The maximum Gasteiger partial charge on any atom is 0.269 e. The van der Waals surface area contributed by atoms with Gasteiger partial charge in [0.15, 0.2) is 0 Å². The number of nitrogens with zero attached hydrogens (tertiary/aromatic N) is 2. The Balaban J connectivity index is 0.00000149. The van der Waals surface area contributed by atoms with Crippen LogP contribution >= 0.6 is 23.2 Å². The lowest BCUT2D eigenvalue weighted by Gasteiger charge is -2.09. The Kier molecular flexibility index (Phi) is 60.9. The van der Waals surface area contributed by atoms with Crippen molar-refractivity contribution in [1.82, 2.24) is 53.6 Å². The summed E-state index contributed by atoms with van der Waals surface area (Å²) in [5, 5.41) is 7.48. The lowest BCUT2D eigenvalue weighted by atomic mass is 10.1. The van der Waals surface area contributed by atoms with Crippen molar-refractivity contribution in [3.63, 3.8) is 0 Å². The number of nitrogens with two attached hydrogens (primary N) is 2. The molecule has 704 valence electrons. The second kappa shape index (κ2) is 68.5. The lowest BCUT2D eigenvalue weighted by Crippen LogP contribution is -2.41. The fraction of sp³-hybridized carbons (Fsp3) is 0.222. The number of nitrogens with one attached hydrogen (secondary N) is 8. The maximum absolute atomic E-state index is 12.0. The SMILES string of the molecule is CC.CC.CC.CC.CC.CC.Cc1ccc(C)c(-c2nnc(-c3ccccc3)o2)c1.Cc1ccc(C)c(C(=O)Cl)c1.Cc1ccc(C)c(C(=O)NN)c1.Cc1ccc(C)c(C(=O)NNC(=O)c2ccccc2)c1.Cc1ccc(C)c(C(=O)NNC(=O)c2ccccc2)c1.Cc1ccc(C)c(C(=O)NNC(=O)c2ccccc2)c1.NNC(=O)c1ccccc1.O=C(Cl)c1ccccc1. The van der Waals surface area contributed by atoms with Crippen LogP contribution in [-0.2, 0) is 0 Å². The molecule has 12 N–H and O–H groups in total. The summed E-state index contributed by atoms with van der Waals surface area (Å²) >= 11 is 10.5. The summed E-state index contributed by atoms with van der Waals surface area (Å²) in [7, 11) is 0. The molecule has 1 heterocycles. The van der Waals surface area contributed by atoms with Crippen LogP contribution in [0.15, 0.2) is 296 Å². The first kappa shape index (κ1) is 118. The second-order valence-electron chi connectivity index (χ2n) is 27.2. The maximum atomic E-state index is 12.0. The molecule has 0 aliphatic rings. The molecule has 0 unspecified atom stereocenters. The number of hydrogen-bond donors (Lipinski definition) is 10. The molecule has 0 spiro atoms. The molecule has 0 radical (unpaired) electrons. The molecule has 23 nitrogen and oxygen atoms in total. The number of carbonyl (C=O) groups excluding carboxylic acids is 10. The minimum absolute atomic E-state index is 0.240. The van der Waals surface area contributed by atoms with E-state index >= 15 is 0 Å². The van der Waals surface area contributed by atoms with Crippen molar-refractivity contribution in [1.29, 1.82) is 0 Å². The molecule has 12 aromatic carbocycles. The predicted molar refractivity (Wildman–Crippen MR) is 543 cm³/mol. The number of aromatic nitrogens is 2. The Hall–Kier alpha value is -14.6. The largest absolute Gasteiger partial charge is 0.416 e. The molecule has 0 bridgehead atoms. The van der Waals surface area contributed by atoms with E-state index in [4.69, 9.17) is 39.3 Å². The van der Waals surface area contributed by atoms with Gasteiger partial charge in [-0.1, -0.05) is 311 Å². The van der Waals surface area contributed by atoms with Crippen molar-refractivity contribution in [2.45, 2.75) is 166 Å². The van der Waals surface area contributed by atoms with E-state index in [0.717, 1.165) is 72.3 Å². The van der Waals surface area contributed by atoms with Gasteiger partial charge in [-0.25, -0.2) is 11.7 Å². The van der Waals surface area contributed by atoms with Crippen LogP contribution in [0.3, 0.4) is 0 Å². The van der Waals surface area contributed by atoms with Crippen LogP contribution in [-0.4, -0.2) is 67.9 Å². The van der Waals surface area contributed by atoms with Crippen molar-refractivity contribution in [2.24, 2.45) is 11.7 Å². The van der Waals surface area contributed by atoms with Crippen LogP contribution in [0.25, 0.3) is 22.9 Å². The number of hydrazine groups is 5. The van der Waals surface area contributed by atoms with Gasteiger partial charge in [0.2, 0.25) is 11.8 Å². The van der Waals surface area contributed by atoms with Gasteiger partial charge < -0.3 is 4.42 Å². The lowest BCUT2D eigenvalue weighted by molar-refractivity contribution is 0.0846. The number of rotatable bonds is 12. The first-order valence-corrected chi connectivity index (χ1v) is 44.5. The smallest absolute Gasteiger partial charge is 0.269 e. The molecule has 13 aromatic rings. The molecule has 0 saturated carbocycles. The van der Waals surface area contributed by atoms with E-state index in [0.29, 0.717) is 67.4 Å². The topological polar surface area (TPSA) is 358 Å². The number of benzene rings is 12. The van der Waals surface area contributed by atoms with E-state index in [9.17, 15) is 47.9 Å². The molecule has 0 aliphatic carbocycles. The Morgan fingerprint density at radius 3 is 0.707 bits per heavy atom. The van der Waals surface area contributed by atoms with Gasteiger partial charge in [-0.2, -0.15) is 0 Å². The van der Waals surface area contributed by atoms with Crippen LogP contribution in [0.2, 0.25) is 0 Å². The molecule has 0 fully saturated rings. The molecule has 0 aliphatic heterocycles. The number of nitrogen functional groups attached to an aromatic ring is 2. The van der Waals surface area contributed by atoms with E-state index < -0.39 is 5.24 Å². The quantitative estimate of drug-likeness (QED) is 0.0235. The molecule has 25 heteroatoms. The fourth-order valence-corrected chi connectivity index (χ4v) is 11.0. The third kappa shape index (κ3) is 44.5. The van der Waals surface area contributed by atoms with Gasteiger partial charge in [0, 0.05) is 66.8 Å². The average molecular weight is 1850 g/mol. The molecule has 0 atom stereocenters. The summed E-state index contributed by atoms with van der Waals surface area (Å²) in [5.41, 5.74) is 37.9. The monoisotopic (exact) mass is 1840 g/mol. The van der Waals surface area contributed by atoms with E-state index in [1.807, 2.05) is 292 Å². The van der Waals surface area contributed by atoms with Crippen molar-refractivity contribution in [3.05, 3.63) is 414 Å². The molecule has 0 saturated heterocycles. The molecule has 1 aromatic heterocycles. The van der Waals surface area contributed by atoms with E-state index in [2.05, 4.69) is 73.3 Å². The van der Waals surface area contributed by atoms with Crippen LogP contribution < -0.4 is 55.1 Å². The zero-order valence-electron chi connectivity index (χ0n) is 81.0. The van der Waals surface area contributed by atoms with E-state index in [-0.39, 0.29) is 52.5 Å². The average Bonchev–Trinajstić information content (AvgIpc) is 1.70. The minimum Gasteiger partial charge on any atom is -0.416 e. The van der Waals surface area contributed by atoms with E-state index in [1.54, 1.807) is 146 Å².